The Hall–Kier alpha value is -1.73. The molecule has 0 aliphatic rings. The minimum Gasteiger partial charge on any atom is -0.325 e. The number of carbonyl (C=O) groups excluding carboxylic acids is 1. The molecule has 0 aliphatic carbocycles. The number of aryl methyl sites for hydroxylation is 1. The monoisotopic (exact) mass is 377 g/mol. The lowest BCUT2D eigenvalue weighted by Crippen LogP contribution is -2.25. The molecule has 0 aliphatic heterocycles. The Morgan fingerprint density at radius 3 is 2.76 bits per heavy atom. The summed E-state index contributed by atoms with van der Waals surface area (Å²) in [5.41, 5.74) is 2.38. The molecule has 0 saturated carbocycles. The van der Waals surface area contributed by atoms with Crippen molar-refractivity contribution >= 4 is 35.1 Å². The Morgan fingerprint density at radius 2 is 2.08 bits per heavy atom. The first-order valence-electron chi connectivity index (χ1n) is 8.24. The maximum Gasteiger partial charge on any atom is 0.251 e. The van der Waals surface area contributed by atoms with Crippen molar-refractivity contribution in [1.82, 2.24) is 9.97 Å². The van der Waals surface area contributed by atoms with E-state index in [0.717, 1.165) is 22.7 Å². The highest BCUT2D eigenvalue weighted by Gasteiger charge is 2.20. The van der Waals surface area contributed by atoms with E-state index in [2.05, 4.69) is 22.2 Å². The third kappa shape index (κ3) is 5.93. The van der Waals surface area contributed by atoms with Crippen LogP contribution in [-0.4, -0.2) is 26.9 Å². The van der Waals surface area contributed by atoms with E-state index in [0.29, 0.717) is 17.3 Å². The van der Waals surface area contributed by atoms with Crippen LogP contribution in [0.25, 0.3) is 0 Å². The van der Waals surface area contributed by atoms with E-state index in [9.17, 15) is 9.59 Å². The molecule has 0 spiro atoms. The summed E-state index contributed by atoms with van der Waals surface area (Å²) in [6.45, 7) is 5.97. The molecule has 0 radical (unpaired) electrons. The zero-order valence-corrected chi connectivity index (χ0v) is 16.3. The van der Waals surface area contributed by atoms with Gasteiger partial charge in [-0.2, -0.15) is 11.8 Å². The molecule has 1 unspecified atom stereocenters. The van der Waals surface area contributed by atoms with Gasteiger partial charge in [-0.25, -0.2) is 4.98 Å². The number of amides is 1. The Kier molecular flexibility index (Phi) is 7.58. The van der Waals surface area contributed by atoms with E-state index in [4.69, 9.17) is 0 Å². The Balaban J connectivity index is 2.11. The summed E-state index contributed by atoms with van der Waals surface area (Å²) in [4.78, 5) is 31.6. The average molecular weight is 378 g/mol. The SMILES string of the molecule is CCSCc1cc(=O)[nH]c(SC(CC)C(=O)Nc2ccccc2C)n1. The fraction of sp³-hybridized carbons (Fsp3) is 0.389. The summed E-state index contributed by atoms with van der Waals surface area (Å²) >= 11 is 3.00. The lowest BCUT2D eigenvalue weighted by Gasteiger charge is -2.15. The molecule has 1 aromatic heterocycles. The number of hydrogen-bond donors (Lipinski definition) is 2. The second kappa shape index (κ2) is 9.68. The molecule has 1 amide bonds. The summed E-state index contributed by atoms with van der Waals surface area (Å²) in [7, 11) is 0. The number of nitrogens with zero attached hydrogens (tertiary/aromatic N) is 1. The van der Waals surface area contributed by atoms with E-state index in [1.165, 1.54) is 17.8 Å². The third-order valence-corrected chi connectivity index (χ3v) is 5.70. The summed E-state index contributed by atoms with van der Waals surface area (Å²) in [5, 5.41) is 3.13. The van der Waals surface area contributed by atoms with Crippen LogP contribution in [0.3, 0.4) is 0 Å². The molecule has 5 nitrogen and oxygen atoms in total. The van der Waals surface area contributed by atoms with E-state index < -0.39 is 0 Å². The Labute approximate surface area is 156 Å². The zero-order valence-electron chi connectivity index (χ0n) is 14.7. The molecule has 25 heavy (non-hydrogen) atoms. The summed E-state index contributed by atoms with van der Waals surface area (Å²) in [5.74, 6) is 1.57. The Morgan fingerprint density at radius 1 is 1.32 bits per heavy atom. The molecular weight excluding hydrogens is 354 g/mol. The van der Waals surface area contributed by atoms with Crippen molar-refractivity contribution in [1.29, 1.82) is 0 Å². The van der Waals surface area contributed by atoms with Gasteiger partial charge in [0.05, 0.1) is 10.9 Å². The van der Waals surface area contributed by atoms with Gasteiger partial charge in [0.2, 0.25) is 5.91 Å². The highest BCUT2D eigenvalue weighted by Crippen LogP contribution is 2.24. The number of aromatic amines is 1. The standard InChI is InChI=1S/C18H23N3O2S2/c1-4-15(17(23)20-14-9-7-6-8-12(14)3)25-18-19-13(11-24-5-2)10-16(22)21-18/h6-10,15H,4-5,11H2,1-3H3,(H,20,23)(H,19,21,22). The topological polar surface area (TPSA) is 74.8 Å². The fourth-order valence-electron chi connectivity index (χ4n) is 2.20. The molecule has 7 heteroatoms. The van der Waals surface area contributed by atoms with Crippen LogP contribution in [0.5, 0.6) is 0 Å². The van der Waals surface area contributed by atoms with Gasteiger partial charge in [-0.1, -0.05) is 43.8 Å². The quantitative estimate of drug-likeness (QED) is 0.540. The van der Waals surface area contributed by atoms with Gasteiger partial charge >= 0.3 is 0 Å². The second-order valence-corrected chi connectivity index (χ2v) is 7.96. The minimum absolute atomic E-state index is 0.0854. The molecule has 1 heterocycles. The van der Waals surface area contributed by atoms with Gasteiger partial charge in [0.1, 0.15) is 0 Å². The van der Waals surface area contributed by atoms with E-state index >= 15 is 0 Å². The predicted molar refractivity (Wildman–Crippen MR) is 106 cm³/mol. The fourth-order valence-corrected chi connectivity index (χ4v) is 3.70. The molecular formula is C18H23N3O2S2. The highest BCUT2D eigenvalue weighted by molar-refractivity contribution is 8.00. The average Bonchev–Trinajstić information content (AvgIpc) is 2.59. The molecule has 134 valence electrons. The van der Waals surface area contributed by atoms with Crippen molar-refractivity contribution in [2.24, 2.45) is 0 Å². The number of carbonyl (C=O) groups is 1. The number of anilines is 1. The minimum atomic E-state index is -0.322. The summed E-state index contributed by atoms with van der Waals surface area (Å²) in [6.07, 6.45) is 0.639. The summed E-state index contributed by atoms with van der Waals surface area (Å²) < 4.78 is 0. The normalized spacial score (nSPS) is 12.0. The highest BCUT2D eigenvalue weighted by atomic mass is 32.2. The molecule has 2 rings (SSSR count). The van der Waals surface area contributed by atoms with Crippen LogP contribution in [0, 0.1) is 6.92 Å². The van der Waals surface area contributed by atoms with Crippen LogP contribution < -0.4 is 10.9 Å². The molecule has 1 atom stereocenters. The van der Waals surface area contributed by atoms with Crippen LogP contribution in [0.1, 0.15) is 31.5 Å². The number of H-pyrrole nitrogens is 1. The van der Waals surface area contributed by atoms with Gasteiger partial charge in [0.25, 0.3) is 5.56 Å². The lowest BCUT2D eigenvalue weighted by atomic mass is 10.2. The van der Waals surface area contributed by atoms with Crippen LogP contribution >= 0.6 is 23.5 Å². The smallest absolute Gasteiger partial charge is 0.251 e. The van der Waals surface area contributed by atoms with Crippen molar-refractivity contribution in [2.45, 2.75) is 43.4 Å². The molecule has 2 aromatic rings. The second-order valence-electron chi connectivity index (χ2n) is 5.50. The van der Waals surface area contributed by atoms with Gasteiger partial charge in [0, 0.05) is 17.5 Å². The van der Waals surface area contributed by atoms with Crippen molar-refractivity contribution in [2.75, 3.05) is 11.1 Å². The third-order valence-electron chi connectivity index (χ3n) is 3.55. The van der Waals surface area contributed by atoms with E-state index in [1.807, 2.05) is 38.1 Å². The zero-order chi connectivity index (χ0) is 18.2. The number of nitrogens with one attached hydrogen (secondary N) is 2. The lowest BCUT2D eigenvalue weighted by molar-refractivity contribution is -0.115. The largest absolute Gasteiger partial charge is 0.325 e. The molecule has 0 fully saturated rings. The molecule has 0 saturated heterocycles. The van der Waals surface area contributed by atoms with Crippen molar-refractivity contribution < 1.29 is 4.79 Å². The van der Waals surface area contributed by atoms with Gasteiger partial charge in [-0.05, 0) is 30.7 Å². The Bertz CT molecular complexity index is 777. The predicted octanol–water partition coefficient (Wildman–Crippen LogP) is 3.84. The maximum absolute atomic E-state index is 12.6. The van der Waals surface area contributed by atoms with Crippen molar-refractivity contribution in [3.05, 3.63) is 51.9 Å². The summed E-state index contributed by atoms with van der Waals surface area (Å²) in [6, 6.07) is 9.18. The van der Waals surface area contributed by atoms with E-state index in [1.54, 1.807) is 11.8 Å². The number of hydrogen-bond acceptors (Lipinski definition) is 5. The van der Waals surface area contributed by atoms with Crippen LogP contribution in [0.15, 0.2) is 40.3 Å². The van der Waals surface area contributed by atoms with Gasteiger partial charge < -0.3 is 10.3 Å². The maximum atomic E-state index is 12.6. The number of aromatic nitrogens is 2. The first kappa shape index (κ1) is 19.6. The molecule has 2 N–H and O–H groups in total. The van der Waals surface area contributed by atoms with Gasteiger partial charge in [0.15, 0.2) is 5.16 Å². The molecule has 0 bridgehead atoms. The van der Waals surface area contributed by atoms with Crippen LogP contribution in [-0.2, 0) is 10.5 Å². The van der Waals surface area contributed by atoms with Crippen LogP contribution in [0.2, 0.25) is 0 Å². The number of thioether (sulfide) groups is 2. The number of rotatable bonds is 8. The number of para-hydroxylation sites is 1. The van der Waals surface area contributed by atoms with Crippen molar-refractivity contribution in [3.8, 4) is 0 Å². The first-order chi connectivity index (χ1) is 12.0. The molecule has 1 aromatic carbocycles. The van der Waals surface area contributed by atoms with Crippen molar-refractivity contribution in [3.63, 3.8) is 0 Å². The van der Waals surface area contributed by atoms with Gasteiger partial charge in [-0.15, -0.1) is 0 Å². The van der Waals surface area contributed by atoms with Crippen LogP contribution in [0.4, 0.5) is 5.69 Å². The number of benzene rings is 1. The van der Waals surface area contributed by atoms with E-state index in [-0.39, 0.29) is 16.7 Å². The first-order valence-corrected chi connectivity index (χ1v) is 10.3. The van der Waals surface area contributed by atoms with Gasteiger partial charge in [-0.3, -0.25) is 9.59 Å².